The van der Waals surface area contributed by atoms with Gasteiger partial charge in [0, 0.05) is 41.3 Å². The normalized spacial score (nSPS) is 10.2. The molecule has 2 heterocycles. The van der Waals surface area contributed by atoms with Crippen LogP contribution in [0.15, 0.2) is 91.5 Å². The zero-order valence-electron chi connectivity index (χ0n) is 21.1. The van der Waals surface area contributed by atoms with Crippen molar-refractivity contribution in [3.63, 3.8) is 0 Å². The number of amides is 1. The smallest absolute Gasteiger partial charge is 0.261 e. The van der Waals surface area contributed by atoms with E-state index in [1.54, 1.807) is 49.7 Å². The number of pyridine rings is 1. The van der Waals surface area contributed by atoms with E-state index in [-0.39, 0.29) is 17.1 Å². The molecule has 192 valence electrons. The summed E-state index contributed by atoms with van der Waals surface area (Å²) < 4.78 is 26.1. The fourth-order valence-electron chi connectivity index (χ4n) is 3.55. The van der Waals surface area contributed by atoms with Crippen LogP contribution in [0.3, 0.4) is 0 Å². The Kier molecular flexibility index (Phi) is 8.40. The predicted molar refractivity (Wildman–Crippen MR) is 146 cm³/mol. The minimum atomic E-state index is -0.595. The Morgan fingerprint density at radius 2 is 1.71 bits per heavy atom. The first-order chi connectivity index (χ1) is 18.6. The topological polar surface area (TPSA) is 98.3 Å². The molecule has 0 spiro atoms. The third-order valence-corrected chi connectivity index (χ3v) is 5.31. The quantitative estimate of drug-likeness (QED) is 0.243. The van der Waals surface area contributed by atoms with E-state index in [9.17, 15) is 9.18 Å². The first-order valence-electron chi connectivity index (χ1n) is 11.9. The molecule has 1 amide bonds. The number of para-hydroxylation sites is 1. The van der Waals surface area contributed by atoms with Gasteiger partial charge in [-0.15, -0.1) is 0 Å². The highest BCUT2D eigenvalue weighted by atomic mass is 19.1. The molecule has 0 aliphatic rings. The van der Waals surface area contributed by atoms with Gasteiger partial charge in [0.15, 0.2) is 11.6 Å². The number of aromatic nitrogens is 3. The summed E-state index contributed by atoms with van der Waals surface area (Å²) in [5, 5.41) is 6.49. The second-order valence-electron chi connectivity index (χ2n) is 7.67. The van der Waals surface area contributed by atoms with E-state index in [0.29, 0.717) is 28.4 Å². The van der Waals surface area contributed by atoms with Crippen molar-refractivity contribution in [3.8, 4) is 17.2 Å². The Morgan fingerprint density at radius 3 is 2.47 bits per heavy atom. The Labute approximate surface area is 219 Å². The van der Waals surface area contributed by atoms with E-state index in [2.05, 4.69) is 25.6 Å². The first-order valence-corrected chi connectivity index (χ1v) is 11.9. The lowest BCUT2D eigenvalue weighted by molar-refractivity contribution is 0.102. The molecule has 8 nitrogen and oxygen atoms in total. The van der Waals surface area contributed by atoms with Crippen molar-refractivity contribution in [2.24, 2.45) is 0 Å². The van der Waals surface area contributed by atoms with Crippen LogP contribution in [0.25, 0.3) is 10.9 Å². The summed E-state index contributed by atoms with van der Waals surface area (Å²) in [6.45, 7) is 4.00. The van der Waals surface area contributed by atoms with Crippen molar-refractivity contribution < 1.29 is 18.7 Å². The number of carbonyl (C=O) groups excluding carboxylic acids is 1. The Hall–Kier alpha value is -5.05. The highest BCUT2D eigenvalue weighted by molar-refractivity contribution is 6.07. The van der Waals surface area contributed by atoms with Crippen molar-refractivity contribution in [2.45, 2.75) is 13.8 Å². The first kappa shape index (κ1) is 26.0. The molecule has 38 heavy (non-hydrogen) atoms. The van der Waals surface area contributed by atoms with Gasteiger partial charge in [0.05, 0.1) is 12.6 Å². The zero-order chi connectivity index (χ0) is 26.9. The maximum atomic E-state index is 15.0. The Morgan fingerprint density at radius 1 is 0.895 bits per heavy atom. The second-order valence-corrected chi connectivity index (χ2v) is 7.67. The molecule has 0 fully saturated rings. The van der Waals surface area contributed by atoms with E-state index in [0.717, 1.165) is 5.39 Å². The molecule has 0 saturated heterocycles. The molecule has 3 aromatic carbocycles. The van der Waals surface area contributed by atoms with Crippen molar-refractivity contribution in [1.82, 2.24) is 15.0 Å². The zero-order valence-corrected chi connectivity index (χ0v) is 21.1. The summed E-state index contributed by atoms with van der Waals surface area (Å²) in [5.41, 5.74) is 1.89. The van der Waals surface area contributed by atoms with Crippen molar-refractivity contribution in [2.75, 3.05) is 17.7 Å². The third-order valence-electron chi connectivity index (χ3n) is 5.31. The van der Waals surface area contributed by atoms with Crippen LogP contribution >= 0.6 is 0 Å². The largest absolute Gasteiger partial charge is 0.497 e. The van der Waals surface area contributed by atoms with Gasteiger partial charge in [-0.3, -0.25) is 9.78 Å². The number of anilines is 3. The standard InChI is InChI=1S/C27H20FN5O3.C2H6/c1-35-19-8-9-20-23(14-19)30-12-11-24(20)36-25-10-7-18(13-22(25)28)32-26-21(15-29-16-31-26)27(34)33-17-5-3-2-4-6-17;1-2/h2-16H,1H3,(H,33,34)(H,29,31,32);1-2H3. The molecule has 0 aliphatic heterocycles. The van der Waals surface area contributed by atoms with Gasteiger partial charge in [0.1, 0.15) is 29.2 Å². The molecule has 2 aromatic heterocycles. The third kappa shape index (κ3) is 6.01. The van der Waals surface area contributed by atoms with E-state index in [1.807, 2.05) is 38.1 Å². The van der Waals surface area contributed by atoms with Gasteiger partial charge in [-0.2, -0.15) is 0 Å². The second kappa shape index (κ2) is 12.3. The number of ether oxygens (including phenoxy) is 2. The summed E-state index contributed by atoms with van der Waals surface area (Å²) in [6, 6.07) is 20.4. The minimum Gasteiger partial charge on any atom is -0.497 e. The van der Waals surface area contributed by atoms with Crippen LogP contribution in [0.1, 0.15) is 24.2 Å². The van der Waals surface area contributed by atoms with Gasteiger partial charge in [0.25, 0.3) is 5.91 Å². The van der Waals surface area contributed by atoms with E-state index in [1.165, 1.54) is 24.7 Å². The van der Waals surface area contributed by atoms with Crippen LogP contribution in [-0.2, 0) is 0 Å². The van der Waals surface area contributed by atoms with Crippen LogP contribution in [0, 0.1) is 5.82 Å². The van der Waals surface area contributed by atoms with Gasteiger partial charge in [-0.05, 0) is 42.5 Å². The van der Waals surface area contributed by atoms with Crippen LogP contribution in [-0.4, -0.2) is 28.0 Å². The average Bonchev–Trinajstić information content (AvgIpc) is 2.96. The van der Waals surface area contributed by atoms with E-state index < -0.39 is 11.7 Å². The van der Waals surface area contributed by atoms with Crippen molar-refractivity contribution >= 4 is 34.0 Å². The van der Waals surface area contributed by atoms with Crippen LogP contribution in [0.4, 0.5) is 21.6 Å². The summed E-state index contributed by atoms with van der Waals surface area (Å²) in [7, 11) is 1.58. The van der Waals surface area contributed by atoms with Crippen LogP contribution in [0.2, 0.25) is 0 Å². The van der Waals surface area contributed by atoms with Gasteiger partial charge in [-0.1, -0.05) is 32.0 Å². The monoisotopic (exact) mass is 511 g/mol. The lowest BCUT2D eigenvalue weighted by Gasteiger charge is -2.13. The van der Waals surface area contributed by atoms with Gasteiger partial charge in [0.2, 0.25) is 0 Å². The summed E-state index contributed by atoms with van der Waals surface area (Å²) in [5.74, 6) is 0.399. The molecule has 2 N–H and O–H groups in total. The number of fused-ring (bicyclic) bond motifs is 1. The number of halogens is 1. The molecule has 0 bridgehead atoms. The number of rotatable bonds is 7. The van der Waals surface area contributed by atoms with Gasteiger partial charge < -0.3 is 20.1 Å². The molecular formula is C29H26FN5O3. The lowest BCUT2D eigenvalue weighted by Crippen LogP contribution is -2.15. The summed E-state index contributed by atoms with van der Waals surface area (Å²) in [4.78, 5) is 25.2. The molecule has 5 rings (SSSR count). The minimum absolute atomic E-state index is 0.0357. The number of nitrogens with one attached hydrogen (secondary N) is 2. The van der Waals surface area contributed by atoms with Crippen LogP contribution in [0.5, 0.6) is 17.2 Å². The predicted octanol–water partition coefficient (Wildman–Crippen LogP) is 6.99. The van der Waals surface area contributed by atoms with Crippen molar-refractivity contribution in [1.29, 1.82) is 0 Å². The number of nitrogens with zero attached hydrogens (tertiary/aromatic N) is 3. The molecule has 5 aromatic rings. The summed E-state index contributed by atoms with van der Waals surface area (Å²) in [6.07, 6.45) is 4.28. The van der Waals surface area contributed by atoms with E-state index >= 15 is 0 Å². The average molecular weight is 512 g/mol. The Balaban J connectivity index is 0.00000164. The number of hydrogen-bond donors (Lipinski definition) is 2. The fourth-order valence-corrected chi connectivity index (χ4v) is 3.55. The highest BCUT2D eigenvalue weighted by Gasteiger charge is 2.15. The Bertz CT molecular complexity index is 1550. The molecular weight excluding hydrogens is 485 g/mol. The molecule has 0 aliphatic carbocycles. The lowest BCUT2D eigenvalue weighted by atomic mass is 10.2. The molecule has 0 unspecified atom stereocenters. The van der Waals surface area contributed by atoms with Gasteiger partial charge in [-0.25, -0.2) is 14.4 Å². The number of carbonyl (C=O) groups is 1. The van der Waals surface area contributed by atoms with E-state index in [4.69, 9.17) is 9.47 Å². The molecule has 0 radical (unpaired) electrons. The summed E-state index contributed by atoms with van der Waals surface area (Å²) >= 11 is 0. The molecule has 0 atom stereocenters. The number of methoxy groups -OCH3 is 1. The van der Waals surface area contributed by atoms with Gasteiger partial charge >= 0.3 is 0 Å². The SMILES string of the molecule is CC.COc1ccc2c(Oc3ccc(Nc4ncncc4C(=O)Nc4ccccc4)cc3F)ccnc2c1. The maximum Gasteiger partial charge on any atom is 0.261 e. The number of hydrogen-bond acceptors (Lipinski definition) is 7. The molecule has 9 heteroatoms. The molecule has 0 saturated carbocycles. The van der Waals surface area contributed by atoms with Crippen LogP contribution < -0.4 is 20.1 Å². The van der Waals surface area contributed by atoms with Crippen molar-refractivity contribution in [3.05, 3.63) is 103 Å². The number of benzene rings is 3. The maximum absolute atomic E-state index is 15.0. The highest BCUT2D eigenvalue weighted by Crippen LogP contribution is 2.33. The fraction of sp³-hybridized carbons (Fsp3) is 0.103.